The second kappa shape index (κ2) is 6.50. The van der Waals surface area contributed by atoms with Crippen LogP contribution in [0.25, 0.3) is 0 Å². The molecule has 21 heavy (non-hydrogen) atoms. The number of rotatable bonds is 6. The number of aliphatic hydroxyl groups excluding tert-OH is 1. The van der Waals surface area contributed by atoms with Crippen LogP contribution >= 0.6 is 15.9 Å². The number of benzene rings is 1. The van der Waals surface area contributed by atoms with Gasteiger partial charge in [0.25, 0.3) is 10.0 Å². The smallest absolute Gasteiger partial charge is 0.266 e. The molecule has 0 bridgehead atoms. The van der Waals surface area contributed by atoms with E-state index in [1.165, 1.54) is 6.07 Å². The van der Waals surface area contributed by atoms with Crippen molar-refractivity contribution >= 4 is 31.6 Å². The van der Waals surface area contributed by atoms with Crippen molar-refractivity contribution in [1.82, 2.24) is 0 Å². The van der Waals surface area contributed by atoms with E-state index in [0.717, 1.165) is 0 Å². The minimum atomic E-state index is -3.82. The third-order valence-electron chi connectivity index (χ3n) is 2.55. The Balaban J connectivity index is 2.28. The Kier molecular flexibility index (Phi) is 4.92. The van der Waals surface area contributed by atoms with Crippen molar-refractivity contribution < 1.29 is 22.7 Å². The van der Waals surface area contributed by atoms with Gasteiger partial charge >= 0.3 is 0 Å². The number of halogens is 1. The maximum atomic E-state index is 12.3. The molecule has 0 saturated heterocycles. The first-order valence-corrected chi connectivity index (χ1v) is 8.38. The summed E-state index contributed by atoms with van der Waals surface area (Å²) in [4.78, 5) is -0.0756. The molecule has 0 aliphatic heterocycles. The highest BCUT2D eigenvalue weighted by atomic mass is 79.9. The summed E-state index contributed by atoms with van der Waals surface area (Å²) < 4.78 is 37.5. The van der Waals surface area contributed by atoms with Crippen LogP contribution in [0.4, 0.5) is 5.69 Å². The van der Waals surface area contributed by atoms with Gasteiger partial charge in [0.2, 0.25) is 0 Å². The Hall–Kier alpha value is -1.51. The van der Waals surface area contributed by atoms with Crippen LogP contribution in [0.2, 0.25) is 0 Å². The van der Waals surface area contributed by atoms with Crippen LogP contribution in [0.1, 0.15) is 12.7 Å². The molecule has 0 aliphatic carbocycles. The third-order valence-corrected chi connectivity index (χ3v) is 4.79. The average molecular weight is 376 g/mol. The van der Waals surface area contributed by atoms with E-state index in [0.29, 0.717) is 18.0 Å². The van der Waals surface area contributed by atoms with Gasteiger partial charge in [-0.3, -0.25) is 4.72 Å². The molecule has 6 nitrogen and oxygen atoms in total. The Morgan fingerprint density at radius 3 is 2.76 bits per heavy atom. The van der Waals surface area contributed by atoms with Crippen molar-refractivity contribution in [2.45, 2.75) is 18.4 Å². The zero-order chi connectivity index (χ0) is 15.5. The van der Waals surface area contributed by atoms with Crippen LogP contribution in [-0.4, -0.2) is 20.1 Å². The van der Waals surface area contributed by atoms with Crippen LogP contribution in [0, 0.1) is 0 Å². The van der Waals surface area contributed by atoms with Gasteiger partial charge in [0.05, 0.1) is 12.3 Å². The lowest BCUT2D eigenvalue weighted by Gasteiger charge is -2.08. The second-order valence-electron chi connectivity index (χ2n) is 4.08. The van der Waals surface area contributed by atoms with Gasteiger partial charge < -0.3 is 14.3 Å². The van der Waals surface area contributed by atoms with Crippen LogP contribution in [0.3, 0.4) is 0 Å². The number of nitrogens with one attached hydrogen (secondary N) is 1. The first kappa shape index (κ1) is 15.9. The van der Waals surface area contributed by atoms with Crippen molar-refractivity contribution in [3.05, 3.63) is 40.8 Å². The Bertz CT molecular complexity index is 726. The van der Waals surface area contributed by atoms with E-state index < -0.39 is 10.0 Å². The molecule has 0 fully saturated rings. The highest BCUT2D eigenvalue weighted by Gasteiger charge is 2.22. The standard InChI is InChI=1S/C13H14BrNO5S/c1-2-19-10-5-3-4-9(6-10)15-21(17,18)12-7-11(8-16)20-13(12)14/h3-7,15-16H,2,8H2,1H3. The van der Waals surface area contributed by atoms with E-state index in [1.54, 1.807) is 24.3 Å². The van der Waals surface area contributed by atoms with Crippen LogP contribution < -0.4 is 9.46 Å². The van der Waals surface area contributed by atoms with E-state index in [-0.39, 0.29) is 21.9 Å². The quantitative estimate of drug-likeness (QED) is 0.809. The molecule has 0 radical (unpaired) electrons. The van der Waals surface area contributed by atoms with Gasteiger partial charge in [-0.15, -0.1) is 0 Å². The molecule has 0 aliphatic rings. The molecule has 0 spiro atoms. The van der Waals surface area contributed by atoms with Gasteiger partial charge in [0, 0.05) is 12.1 Å². The van der Waals surface area contributed by atoms with Crippen molar-refractivity contribution in [2.75, 3.05) is 11.3 Å². The SMILES string of the molecule is CCOc1cccc(NS(=O)(=O)c2cc(CO)oc2Br)c1. The summed E-state index contributed by atoms with van der Waals surface area (Å²) in [5.74, 6) is 0.727. The minimum absolute atomic E-state index is 0.0417. The fraction of sp³-hybridized carbons (Fsp3) is 0.231. The van der Waals surface area contributed by atoms with Gasteiger partial charge in [-0.05, 0) is 35.0 Å². The van der Waals surface area contributed by atoms with Crippen molar-refractivity contribution in [3.63, 3.8) is 0 Å². The lowest BCUT2D eigenvalue weighted by Crippen LogP contribution is -2.12. The predicted octanol–water partition coefficient (Wildman–Crippen LogP) is 2.73. The van der Waals surface area contributed by atoms with Gasteiger partial charge in [-0.1, -0.05) is 6.07 Å². The van der Waals surface area contributed by atoms with Gasteiger partial charge in [-0.25, -0.2) is 8.42 Å². The molecular weight excluding hydrogens is 362 g/mol. The summed E-state index contributed by atoms with van der Waals surface area (Å²) in [7, 11) is -3.82. The monoisotopic (exact) mass is 375 g/mol. The van der Waals surface area contributed by atoms with Crippen molar-refractivity contribution in [2.24, 2.45) is 0 Å². The molecule has 1 heterocycles. The highest BCUT2D eigenvalue weighted by Crippen LogP contribution is 2.28. The van der Waals surface area contributed by atoms with Crippen molar-refractivity contribution in [1.29, 1.82) is 0 Å². The van der Waals surface area contributed by atoms with E-state index >= 15 is 0 Å². The summed E-state index contributed by atoms with van der Waals surface area (Å²) in [5.41, 5.74) is 0.375. The summed E-state index contributed by atoms with van der Waals surface area (Å²) in [5, 5.41) is 8.98. The Morgan fingerprint density at radius 1 is 1.38 bits per heavy atom. The average Bonchev–Trinajstić information content (AvgIpc) is 2.81. The molecule has 2 aromatic rings. The van der Waals surface area contributed by atoms with E-state index in [2.05, 4.69) is 20.7 Å². The number of sulfonamides is 1. The number of anilines is 1. The molecule has 1 aromatic carbocycles. The third kappa shape index (κ3) is 3.78. The first-order chi connectivity index (χ1) is 9.96. The van der Waals surface area contributed by atoms with Gasteiger partial charge in [0.1, 0.15) is 23.0 Å². The predicted molar refractivity (Wildman–Crippen MR) is 80.8 cm³/mol. The lowest BCUT2D eigenvalue weighted by molar-refractivity contribution is 0.245. The number of ether oxygens (including phenoxy) is 1. The molecule has 114 valence electrons. The molecule has 2 rings (SSSR count). The van der Waals surface area contributed by atoms with E-state index in [4.69, 9.17) is 14.3 Å². The van der Waals surface area contributed by atoms with Gasteiger partial charge in [-0.2, -0.15) is 0 Å². The Morgan fingerprint density at radius 2 is 2.14 bits per heavy atom. The maximum absolute atomic E-state index is 12.3. The number of furan rings is 1. The van der Waals surface area contributed by atoms with E-state index in [1.807, 2.05) is 6.92 Å². The fourth-order valence-corrected chi connectivity index (χ4v) is 3.73. The second-order valence-corrected chi connectivity index (χ2v) is 6.45. The number of hydrogen-bond donors (Lipinski definition) is 2. The lowest BCUT2D eigenvalue weighted by atomic mass is 10.3. The molecular formula is C13H14BrNO5S. The minimum Gasteiger partial charge on any atom is -0.494 e. The van der Waals surface area contributed by atoms with Crippen molar-refractivity contribution in [3.8, 4) is 5.75 Å². The largest absolute Gasteiger partial charge is 0.494 e. The molecule has 0 unspecified atom stereocenters. The van der Waals surface area contributed by atoms with Crippen LogP contribution in [0.15, 0.2) is 44.3 Å². The molecule has 0 atom stereocenters. The zero-order valence-corrected chi connectivity index (χ0v) is 13.6. The zero-order valence-electron chi connectivity index (χ0n) is 11.2. The topological polar surface area (TPSA) is 88.8 Å². The summed E-state index contributed by atoms with van der Waals surface area (Å²) in [6.07, 6.45) is 0. The highest BCUT2D eigenvalue weighted by molar-refractivity contribution is 9.10. The number of hydrogen-bond acceptors (Lipinski definition) is 5. The molecule has 0 amide bonds. The van der Waals surface area contributed by atoms with E-state index in [9.17, 15) is 8.42 Å². The van der Waals surface area contributed by atoms with Gasteiger partial charge in [0.15, 0.2) is 4.67 Å². The summed E-state index contributed by atoms with van der Waals surface area (Å²) in [6.45, 7) is 1.95. The molecule has 0 saturated carbocycles. The fourth-order valence-electron chi connectivity index (χ4n) is 1.69. The molecule has 2 N–H and O–H groups in total. The normalized spacial score (nSPS) is 11.4. The number of aliphatic hydroxyl groups is 1. The summed E-state index contributed by atoms with van der Waals surface area (Å²) in [6, 6.07) is 7.88. The first-order valence-electron chi connectivity index (χ1n) is 6.11. The molecule has 1 aromatic heterocycles. The van der Waals surface area contributed by atoms with Crippen LogP contribution in [0.5, 0.6) is 5.75 Å². The Labute approximate surface area is 130 Å². The maximum Gasteiger partial charge on any atom is 0.266 e. The summed E-state index contributed by atoms with van der Waals surface area (Å²) >= 11 is 3.02. The van der Waals surface area contributed by atoms with Crippen LogP contribution in [-0.2, 0) is 16.6 Å². The molecule has 8 heteroatoms.